The van der Waals surface area contributed by atoms with E-state index in [1.807, 2.05) is 0 Å². The summed E-state index contributed by atoms with van der Waals surface area (Å²) >= 11 is 4.83. The summed E-state index contributed by atoms with van der Waals surface area (Å²) in [5.74, 6) is 3.43. The fourth-order valence-corrected chi connectivity index (χ4v) is 0.957. The fraction of sp³-hybridized carbons (Fsp3) is 0.857. The van der Waals surface area contributed by atoms with E-state index < -0.39 is 0 Å². The number of rotatable bonds is 6. The summed E-state index contributed by atoms with van der Waals surface area (Å²) in [6.45, 7) is 1.18. The molecule has 0 aromatic carbocycles. The number of nitrogens with one attached hydrogen (secondary N) is 2. The van der Waals surface area contributed by atoms with Gasteiger partial charge in [0.05, 0.1) is 0 Å². The van der Waals surface area contributed by atoms with Gasteiger partial charge in [0.15, 0.2) is 0 Å². The lowest BCUT2D eigenvalue weighted by Gasteiger charge is -2.03. The first kappa shape index (κ1) is 11.6. The monoisotopic (exact) mass is 192 g/mol. The van der Waals surface area contributed by atoms with Gasteiger partial charge in [0.1, 0.15) is 0 Å². The molecule has 0 atom stereocenters. The van der Waals surface area contributed by atoms with E-state index in [0.29, 0.717) is 11.7 Å². The van der Waals surface area contributed by atoms with Crippen LogP contribution in [0.3, 0.4) is 0 Å². The van der Waals surface area contributed by atoms with Crippen molar-refractivity contribution in [2.75, 3.05) is 13.2 Å². The van der Waals surface area contributed by atoms with E-state index in [9.17, 15) is 0 Å². The molecule has 0 rings (SSSR count). The summed E-state index contributed by atoms with van der Waals surface area (Å²) in [6, 6.07) is 0. The standard InChI is InChI=1S/C7H17N3OS/c8-10-7(12)9-5-3-1-2-4-6-11/h11H,1-6,8H2,(H2,9,10,12)/p+1. The average molecular weight is 192 g/mol. The molecule has 6 N–H and O–H groups in total. The van der Waals surface area contributed by atoms with E-state index in [1.54, 1.807) is 0 Å². The molecule has 0 radical (unpaired) electrons. The largest absolute Gasteiger partial charge is 0.396 e. The van der Waals surface area contributed by atoms with Crippen molar-refractivity contribution >= 4 is 17.3 Å². The maximum atomic E-state index is 8.49. The van der Waals surface area contributed by atoms with E-state index in [4.69, 9.17) is 17.3 Å². The molecule has 0 heterocycles. The Morgan fingerprint density at radius 1 is 1.25 bits per heavy atom. The number of unbranched alkanes of at least 4 members (excludes halogenated alkanes) is 3. The first-order valence-electron chi connectivity index (χ1n) is 4.23. The van der Waals surface area contributed by atoms with Crippen LogP contribution in [0, 0.1) is 0 Å². The van der Waals surface area contributed by atoms with Crippen LogP contribution >= 0.6 is 12.2 Å². The minimum absolute atomic E-state index is 0.298. The molecule has 0 fully saturated rings. The fourth-order valence-electron chi connectivity index (χ4n) is 0.855. The summed E-state index contributed by atoms with van der Waals surface area (Å²) in [7, 11) is 0. The molecule has 0 bridgehead atoms. The molecule has 72 valence electrons. The molecule has 0 aromatic heterocycles. The lowest BCUT2D eigenvalue weighted by molar-refractivity contribution is -0.419. The van der Waals surface area contributed by atoms with Gasteiger partial charge in [0.25, 0.3) is 0 Å². The van der Waals surface area contributed by atoms with Crippen molar-refractivity contribution in [1.29, 1.82) is 0 Å². The van der Waals surface area contributed by atoms with E-state index >= 15 is 0 Å². The molecule has 0 saturated carbocycles. The number of hydrogen-bond acceptors (Lipinski definition) is 2. The van der Waals surface area contributed by atoms with Crippen molar-refractivity contribution in [2.24, 2.45) is 0 Å². The highest BCUT2D eigenvalue weighted by Gasteiger charge is 1.92. The van der Waals surface area contributed by atoms with E-state index in [2.05, 4.69) is 16.6 Å². The Bertz CT molecular complexity index is 121. The average Bonchev–Trinajstić information content (AvgIpc) is 2.10. The summed E-state index contributed by atoms with van der Waals surface area (Å²) in [5.41, 5.74) is 2.60. The van der Waals surface area contributed by atoms with Crippen molar-refractivity contribution in [3.8, 4) is 0 Å². The van der Waals surface area contributed by atoms with Crippen molar-refractivity contribution in [3.05, 3.63) is 0 Å². The highest BCUT2D eigenvalue weighted by Crippen LogP contribution is 1.97. The van der Waals surface area contributed by atoms with Crippen LogP contribution in [0.2, 0.25) is 0 Å². The van der Waals surface area contributed by atoms with Crippen LogP contribution in [0.15, 0.2) is 0 Å². The molecule has 0 aliphatic carbocycles. The van der Waals surface area contributed by atoms with Gasteiger partial charge in [-0.05, 0) is 25.1 Å². The number of quaternary nitrogens is 1. The number of hydrogen-bond donors (Lipinski definition) is 4. The van der Waals surface area contributed by atoms with Crippen molar-refractivity contribution in [3.63, 3.8) is 0 Å². The smallest absolute Gasteiger partial charge is 0.213 e. The summed E-state index contributed by atoms with van der Waals surface area (Å²) in [4.78, 5) is 0. The zero-order valence-electron chi connectivity index (χ0n) is 7.31. The minimum atomic E-state index is 0.298. The van der Waals surface area contributed by atoms with Crippen LogP contribution in [0.25, 0.3) is 0 Å². The van der Waals surface area contributed by atoms with Gasteiger partial charge < -0.3 is 10.4 Å². The van der Waals surface area contributed by atoms with Crippen LogP contribution in [0.4, 0.5) is 0 Å². The van der Waals surface area contributed by atoms with Gasteiger partial charge in [0.2, 0.25) is 5.11 Å². The van der Waals surface area contributed by atoms with Gasteiger partial charge >= 0.3 is 0 Å². The predicted molar refractivity (Wildman–Crippen MR) is 52.2 cm³/mol. The van der Waals surface area contributed by atoms with Gasteiger partial charge in [-0.2, -0.15) is 0 Å². The van der Waals surface area contributed by atoms with Crippen LogP contribution < -0.4 is 16.6 Å². The Hall–Kier alpha value is -0.390. The lowest BCUT2D eigenvalue weighted by atomic mass is 10.2. The molecule has 12 heavy (non-hydrogen) atoms. The highest BCUT2D eigenvalue weighted by molar-refractivity contribution is 7.80. The Morgan fingerprint density at radius 3 is 2.50 bits per heavy atom. The van der Waals surface area contributed by atoms with Gasteiger partial charge in [-0.3, -0.25) is 5.84 Å². The van der Waals surface area contributed by atoms with Crippen LogP contribution in [-0.2, 0) is 0 Å². The predicted octanol–water partition coefficient (Wildman–Crippen LogP) is -0.840. The quantitative estimate of drug-likeness (QED) is 0.252. The lowest BCUT2D eigenvalue weighted by Crippen LogP contribution is -2.69. The summed E-state index contributed by atoms with van der Waals surface area (Å²) in [5, 5.41) is 12.1. The van der Waals surface area contributed by atoms with E-state index in [1.165, 1.54) is 0 Å². The third kappa shape index (κ3) is 7.71. The van der Waals surface area contributed by atoms with Gasteiger partial charge in [0, 0.05) is 13.2 Å². The Morgan fingerprint density at radius 2 is 1.92 bits per heavy atom. The van der Waals surface area contributed by atoms with Crippen molar-refractivity contribution < 1.29 is 10.9 Å². The van der Waals surface area contributed by atoms with Crippen LogP contribution in [0.5, 0.6) is 0 Å². The second-order valence-electron chi connectivity index (χ2n) is 2.57. The second-order valence-corrected chi connectivity index (χ2v) is 2.98. The van der Waals surface area contributed by atoms with Crippen LogP contribution in [-0.4, -0.2) is 23.4 Å². The highest BCUT2D eigenvalue weighted by atomic mass is 32.1. The topological polar surface area (TPSA) is 71.9 Å². The first-order chi connectivity index (χ1) is 5.81. The third-order valence-electron chi connectivity index (χ3n) is 1.53. The van der Waals surface area contributed by atoms with Crippen molar-refractivity contribution in [2.45, 2.75) is 25.7 Å². The maximum Gasteiger partial charge on any atom is 0.213 e. The zero-order valence-corrected chi connectivity index (χ0v) is 8.12. The normalized spacial score (nSPS) is 9.50. The molecular formula is C7H18N3OS+. The van der Waals surface area contributed by atoms with Crippen LogP contribution in [0.1, 0.15) is 25.7 Å². The molecule has 0 amide bonds. The molecule has 0 saturated heterocycles. The maximum absolute atomic E-state index is 8.49. The van der Waals surface area contributed by atoms with Gasteiger partial charge in [-0.15, -0.1) is 0 Å². The summed E-state index contributed by atoms with van der Waals surface area (Å²) in [6.07, 6.45) is 4.20. The number of thiocarbonyl (C=S) groups is 1. The minimum Gasteiger partial charge on any atom is -0.396 e. The zero-order chi connectivity index (χ0) is 9.23. The molecule has 0 spiro atoms. The first-order valence-corrected chi connectivity index (χ1v) is 4.64. The van der Waals surface area contributed by atoms with Gasteiger partial charge in [-0.1, -0.05) is 12.8 Å². The molecule has 0 unspecified atom stereocenters. The SMILES string of the molecule is [NH3+]NC(=S)NCCCCCCO. The molecular weight excluding hydrogens is 174 g/mol. The van der Waals surface area contributed by atoms with Gasteiger partial charge in [-0.25, -0.2) is 5.43 Å². The number of aliphatic hydroxyl groups is 1. The molecule has 4 nitrogen and oxygen atoms in total. The van der Waals surface area contributed by atoms with E-state index in [-0.39, 0.29) is 0 Å². The second kappa shape index (κ2) is 8.70. The number of aliphatic hydroxyl groups excluding tert-OH is 1. The molecule has 5 heteroatoms. The molecule has 0 aliphatic rings. The Labute approximate surface area is 78.5 Å². The molecule has 0 aromatic rings. The molecule has 0 aliphatic heterocycles. The third-order valence-corrected chi connectivity index (χ3v) is 1.82. The van der Waals surface area contributed by atoms with Crippen molar-refractivity contribution in [1.82, 2.24) is 10.7 Å². The Kier molecular flexibility index (Phi) is 8.42. The summed E-state index contributed by atoms with van der Waals surface area (Å²) < 4.78 is 0. The Balaban J connectivity index is 2.95. The van der Waals surface area contributed by atoms with E-state index in [0.717, 1.165) is 32.2 Å².